The van der Waals surface area contributed by atoms with Crippen LogP contribution in [0.5, 0.6) is 0 Å². The van der Waals surface area contributed by atoms with Gasteiger partial charge >= 0.3 is 0 Å². The lowest BCUT2D eigenvalue weighted by molar-refractivity contribution is 0.312. The van der Waals surface area contributed by atoms with Crippen molar-refractivity contribution in [2.75, 3.05) is 45.2 Å². The van der Waals surface area contributed by atoms with Gasteiger partial charge in [-0.3, -0.25) is 4.99 Å². The number of piperazine rings is 1. The van der Waals surface area contributed by atoms with E-state index in [1.807, 2.05) is 24.4 Å². The van der Waals surface area contributed by atoms with Gasteiger partial charge in [-0.2, -0.15) is 0 Å². The number of pyridine rings is 1. The summed E-state index contributed by atoms with van der Waals surface area (Å²) in [6.45, 7) is 7.39. The molecule has 2 N–H and O–H groups in total. The molecular formula is C24H32IN7O. The summed E-state index contributed by atoms with van der Waals surface area (Å²) >= 11 is 0. The van der Waals surface area contributed by atoms with Crippen molar-refractivity contribution < 1.29 is 4.42 Å². The SMILES string of the molecule is CN=C(NCc1ccnc(N2CCN(C)CC2)c1)NCc1coc(-c2ccc(C)cc2)n1.I. The first-order valence-electron chi connectivity index (χ1n) is 10.9. The summed E-state index contributed by atoms with van der Waals surface area (Å²) in [4.78, 5) is 18.1. The Morgan fingerprint density at radius 1 is 1.06 bits per heavy atom. The van der Waals surface area contributed by atoms with Crippen LogP contribution in [0.2, 0.25) is 0 Å². The molecule has 0 radical (unpaired) electrons. The fourth-order valence-corrected chi connectivity index (χ4v) is 3.58. The topological polar surface area (TPSA) is 81.8 Å². The quantitative estimate of drug-likeness (QED) is 0.272. The summed E-state index contributed by atoms with van der Waals surface area (Å²) in [5, 5.41) is 6.66. The van der Waals surface area contributed by atoms with Gasteiger partial charge in [-0.15, -0.1) is 24.0 Å². The molecule has 2 aromatic heterocycles. The molecule has 0 aliphatic carbocycles. The Balaban J connectivity index is 0.00000306. The summed E-state index contributed by atoms with van der Waals surface area (Å²) in [5.41, 5.74) is 4.17. The predicted octanol–water partition coefficient (Wildman–Crippen LogP) is 3.28. The number of aromatic nitrogens is 2. The largest absolute Gasteiger partial charge is 0.444 e. The zero-order valence-corrected chi connectivity index (χ0v) is 21.7. The first-order valence-corrected chi connectivity index (χ1v) is 10.9. The van der Waals surface area contributed by atoms with E-state index in [2.05, 4.69) is 67.6 Å². The normalized spacial score (nSPS) is 14.6. The van der Waals surface area contributed by atoms with Crippen molar-refractivity contribution in [1.82, 2.24) is 25.5 Å². The van der Waals surface area contributed by atoms with Gasteiger partial charge < -0.3 is 24.9 Å². The van der Waals surface area contributed by atoms with Crippen molar-refractivity contribution in [3.05, 3.63) is 65.7 Å². The Bertz CT molecular complexity index is 1040. The molecule has 0 bridgehead atoms. The van der Waals surface area contributed by atoms with Gasteiger partial charge in [-0.1, -0.05) is 17.7 Å². The molecule has 1 saturated heterocycles. The molecule has 0 atom stereocenters. The number of hydrogen-bond acceptors (Lipinski definition) is 6. The number of aryl methyl sites for hydroxylation is 1. The minimum atomic E-state index is 0. The maximum atomic E-state index is 5.64. The maximum absolute atomic E-state index is 5.64. The van der Waals surface area contributed by atoms with Crippen molar-refractivity contribution >= 4 is 35.8 Å². The molecule has 0 saturated carbocycles. The van der Waals surface area contributed by atoms with E-state index in [4.69, 9.17) is 4.42 Å². The Morgan fingerprint density at radius 2 is 1.79 bits per heavy atom. The van der Waals surface area contributed by atoms with Crippen LogP contribution in [-0.2, 0) is 13.1 Å². The van der Waals surface area contributed by atoms with Crippen molar-refractivity contribution in [3.8, 4) is 11.5 Å². The lowest BCUT2D eigenvalue weighted by Gasteiger charge is -2.33. The van der Waals surface area contributed by atoms with E-state index in [1.165, 1.54) is 11.1 Å². The fourth-order valence-electron chi connectivity index (χ4n) is 3.58. The molecule has 4 rings (SSSR count). The highest BCUT2D eigenvalue weighted by Gasteiger charge is 2.15. The number of nitrogens with zero attached hydrogens (tertiary/aromatic N) is 5. The lowest BCUT2D eigenvalue weighted by Crippen LogP contribution is -2.44. The molecule has 0 unspecified atom stereocenters. The van der Waals surface area contributed by atoms with Crippen LogP contribution in [0.15, 0.2) is 58.3 Å². The predicted molar refractivity (Wildman–Crippen MR) is 143 cm³/mol. The van der Waals surface area contributed by atoms with Crippen molar-refractivity contribution in [2.24, 2.45) is 4.99 Å². The van der Waals surface area contributed by atoms with E-state index >= 15 is 0 Å². The molecule has 1 aliphatic rings. The van der Waals surface area contributed by atoms with Crippen molar-refractivity contribution in [2.45, 2.75) is 20.0 Å². The number of hydrogen-bond donors (Lipinski definition) is 2. The second-order valence-electron chi connectivity index (χ2n) is 8.10. The molecule has 33 heavy (non-hydrogen) atoms. The molecule has 8 nitrogen and oxygen atoms in total. The molecule has 0 spiro atoms. The second-order valence-corrected chi connectivity index (χ2v) is 8.10. The number of benzene rings is 1. The van der Waals surface area contributed by atoms with Gasteiger partial charge in [0.1, 0.15) is 12.1 Å². The van der Waals surface area contributed by atoms with Crippen molar-refractivity contribution in [1.29, 1.82) is 0 Å². The van der Waals surface area contributed by atoms with Crippen molar-refractivity contribution in [3.63, 3.8) is 0 Å². The van der Waals surface area contributed by atoms with E-state index in [-0.39, 0.29) is 24.0 Å². The van der Waals surface area contributed by atoms with Gasteiger partial charge in [-0.05, 0) is 43.8 Å². The lowest BCUT2D eigenvalue weighted by atomic mass is 10.1. The zero-order chi connectivity index (χ0) is 22.3. The molecular weight excluding hydrogens is 529 g/mol. The Kier molecular flexibility index (Phi) is 9.07. The third kappa shape index (κ3) is 6.91. The Hall–Kier alpha value is -2.66. The minimum absolute atomic E-state index is 0. The van der Waals surface area contributed by atoms with E-state index in [0.29, 0.717) is 24.9 Å². The highest BCUT2D eigenvalue weighted by molar-refractivity contribution is 14.0. The third-order valence-electron chi connectivity index (χ3n) is 5.61. The zero-order valence-electron chi connectivity index (χ0n) is 19.4. The number of anilines is 1. The minimum Gasteiger partial charge on any atom is -0.444 e. The monoisotopic (exact) mass is 561 g/mol. The molecule has 1 fully saturated rings. The smallest absolute Gasteiger partial charge is 0.226 e. The van der Waals surface area contributed by atoms with E-state index in [0.717, 1.165) is 43.3 Å². The first kappa shape index (κ1) is 25.0. The standard InChI is InChI=1S/C24H31N7O.HI/c1-18-4-6-20(7-5-18)23-29-21(17-32-23)16-28-24(25-2)27-15-19-8-9-26-22(14-19)31-12-10-30(3)11-13-31;/h4-9,14,17H,10-13,15-16H2,1-3H3,(H2,25,27,28);1H. The van der Waals surface area contributed by atoms with Crippen LogP contribution in [0.1, 0.15) is 16.8 Å². The second kappa shape index (κ2) is 12.0. The fraction of sp³-hybridized carbons (Fsp3) is 0.375. The summed E-state index contributed by atoms with van der Waals surface area (Å²) in [5.74, 6) is 2.37. The number of oxazole rings is 1. The van der Waals surface area contributed by atoms with Gasteiger partial charge in [0, 0.05) is 51.5 Å². The number of rotatable bonds is 6. The number of halogens is 1. The van der Waals surface area contributed by atoms with Gasteiger partial charge in [0.15, 0.2) is 5.96 Å². The highest BCUT2D eigenvalue weighted by Crippen LogP contribution is 2.19. The Morgan fingerprint density at radius 3 is 2.52 bits per heavy atom. The van der Waals surface area contributed by atoms with Gasteiger partial charge in [-0.25, -0.2) is 9.97 Å². The summed E-state index contributed by atoms with van der Waals surface area (Å²) in [7, 11) is 3.92. The van der Waals surface area contributed by atoms with Gasteiger partial charge in [0.2, 0.25) is 5.89 Å². The molecule has 176 valence electrons. The van der Waals surface area contributed by atoms with E-state index in [9.17, 15) is 0 Å². The first-order chi connectivity index (χ1) is 15.6. The number of nitrogens with one attached hydrogen (secondary N) is 2. The van der Waals surface area contributed by atoms with Crippen LogP contribution in [0, 0.1) is 6.92 Å². The molecule has 1 aliphatic heterocycles. The third-order valence-corrected chi connectivity index (χ3v) is 5.61. The van der Waals surface area contributed by atoms with Crippen LogP contribution < -0.4 is 15.5 Å². The summed E-state index contributed by atoms with van der Waals surface area (Å²) in [6.07, 6.45) is 3.56. The average molecular weight is 561 g/mol. The number of aliphatic imine (C=N–C) groups is 1. The van der Waals surface area contributed by atoms with Gasteiger partial charge in [0.25, 0.3) is 0 Å². The summed E-state index contributed by atoms with van der Waals surface area (Å²) in [6, 6.07) is 12.3. The van der Waals surface area contributed by atoms with E-state index < -0.39 is 0 Å². The Labute approximate surface area is 212 Å². The van der Waals surface area contributed by atoms with Gasteiger partial charge in [0.05, 0.1) is 12.2 Å². The maximum Gasteiger partial charge on any atom is 0.226 e. The van der Waals surface area contributed by atoms with Crippen LogP contribution in [-0.4, -0.2) is 61.1 Å². The molecule has 9 heteroatoms. The van der Waals surface area contributed by atoms with Crippen LogP contribution in [0.4, 0.5) is 5.82 Å². The molecule has 0 amide bonds. The average Bonchev–Trinajstić information content (AvgIpc) is 3.29. The summed E-state index contributed by atoms with van der Waals surface area (Å²) < 4.78 is 5.64. The molecule has 3 heterocycles. The van der Waals surface area contributed by atoms with E-state index in [1.54, 1.807) is 13.3 Å². The molecule has 1 aromatic carbocycles. The molecule has 3 aromatic rings. The number of likely N-dealkylation sites (N-methyl/N-ethyl adjacent to an activating group) is 1. The number of guanidine groups is 1. The highest BCUT2D eigenvalue weighted by atomic mass is 127. The van der Waals surface area contributed by atoms with Crippen LogP contribution in [0.3, 0.4) is 0 Å². The van der Waals surface area contributed by atoms with Crippen LogP contribution >= 0.6 is 24.0 Å². The van der Waals surface area contributed by atoms with Crippen LogP contribution in [0.25, 0.3) is 11.5 Å².